The maximum Gasteiger partial charge on any atom is 0.239 e. The summed E-state index contributed by atoms with van der Waals surface area (Å²) in [6.07, 6.45) is 1.62. The maximum atomic E-state index is 5.43. The molecule has 16 heavy (non-hydrogen) atoms. The van der Waals surface area contributed by atoms with Crippen molar-refractivity contribution in [1.82, 2.24) is 14.8 Å². The minimum absolute atomic E-state index is 0.297. The van der Waals surface area contributed by atoms with Crippen LogP contribution in [-0.2, 0) is 6.54 Å². The van der Waals surface area contributed by atoms with Gasteiger partial charge in [0.2, 0.25) is 5.95 Å². The fourth-order valence-electron chi connectivity index (χ4n) is 1.43. The molecule has 0 saturated carbocycles. The minimum atomic E-state index is 0.297. The van der Waals surface area contributed by atoms with Crippen LogP contribution in [0.1, 0.15) is 12.5 Å². The van der Waals surface area contributed by atoms with E-state index in [-0.39, 0.29) is 0 Å². The third-order valence-electron chi connectivity index (χ3n) is 2.13. The molecule has 0 unspecified atom stereocenters. The van der Waals surface area contributed by atoms with Crippen LogP contribution in [0.5, 0.6) is 5.75 Å². The second-order valence-electron chi connectivity index (χ2n) is 3.38. The van der Waals surface area contributed by atoms with Gasteiger partial charge >= 0.3 is 0 Å². The lowest BCUT2D eigenvalue weighted by molar-refractivity contribution is 0.340. The highest BCUT2D eigenvalue weighted by molar-refractivity contribution is 5.27. The molecule has 1 aromatic carbocycles. The van der Waals surface area contributed by atoms with Crippen molar-refractivity contribution < 1.29 is 4.74 Å². The first-order valence-electron chi connectivity index (χ1n) is 5.14. The second-order valence-corrected chi connectivity index (χ2v) is 3.38. The predicted octanol–water partition coefficient (Wildman–Crippen LogP) is 1.31. The number of rotatable bonds is 4. The van der Waals surface area contributed by atoms with Crippen LogP contribution in [0.4, 0.5) is 5.95 Å². The summed E-state index contributed by atoms with van der Waals surface area (Å²) in [4.78, 5) is 3.86. The lowest BCUT2D eigenvalue weighted by Gasteiger charge is -2.04. The Morgan fingerprint density at radius 3 is 2.62 bits per heavy atom. The molecule has 0 aliphatic rings. The molecule has 84 valence electrons. The van der Waals surface area contributed by atoms with Gasteiger partial charge in [-0.3, -0.25) is 0 Å². The molecular formula is C11H14N4O. The van der Waals surface area contributed by atoms with E-state index in [0.29, 0.717) is 19.1 Å². The number of benzene rings is 1. The van der Waals surface area contributed by atoms with E-state index in [1.54, 1.807) is 11.0 Å². The van der Waals surface area contributed by atoms with Crippen LogP contribution >= 0.6 is 0 Å². The quantitative estimate of drug-likeness (QED) is 0.840. The SMILES string of the molecule is CCOc1ccc(Cn2cnc(N)n2)cc1. The number of nitrogen functional groups attached to an aromatic ring is 1. The molecule has 2 aromatic rings. The summed E-state index contributed by atoms with van der Waals surface area (Å²) in [6, 6.07) is 7.89. The van der Waals surface area contributed by atoms with Gasteiger partial charge in [0.05, 0.1) is 13.2 Å². The summed E-state index contributed by atoms with van der Waals surface area (Å²) >= 11 is 0. The van der Waals surface area contributed by atoms with Gasteiger partial charge < -0.3 is 10.5 Å². The van der Waals surface area contributed by atoms with E-state index in [4.69, 9.17) is 10.5 Å². The third-order valence-corrected chi connectivity index (χ3v) is 2.13. The van der Waals surface area contributed by atoms with Gasteiger partial charge in [0.1, 0.15) is 12.1 Å². The van der Waals surface area contributed by atoms with E-state index in [0.717, 1.165) is 11.3 Å². The lowest BCUT2D eigenvalue weighted by atomic mass is 10.2. The van der Waals surface area contributed by atoms with Crippen LogP contribution in [-0.4, -0.2) is 21.4 Å². The number of nitrogens with two attached hydrogens (primary N) is 1. The number of anilines is 1. The standard InChI is InChI=1S/C11H14N4O/c1-2-16-10-5-3-9(4-6-10)7-15-8-13-11(12)14-15/h3-6,8H,2,7H2,1H3,(H2,12,14). The van der Waals surface area contributed by atoms with E-state index in [2.05, 4.69) is 10.1 Å². The molecule has 0 aliphatic carbocycles. The van der Waals surface area contributed by atoms with Gasteiger partial charge in [-0.25, -0.2) is 9.67 Å². The Labute approximate surface area is 93.9 Å². The molecule has 0 spiro atoms. The highest BCUT2D eigenvalue weighted by Gasteiger charge is 1.98. The molecule has 0 aliphatic heterocycles. The zero-order chi connectivity index (χ0) is 11.4. The maximum absolute atomic E-state index is 5.43. The number of nitrogens with zero attached hydrogens (tertiary/aromatic N) is 3. The van der Waals surface area contributed by atoms with Gasteiger partial charge in [-0.1, -0.05) is 12.1 Å². The molecule has 1 heterocycles. The minimum Gasteiger partial charge on any atom is -0.494 e. The zero-order valence-electron chi connectivity index (χ0n) is 9.13. The van der Waals surface area contributed by atoms with E-state index in [9.17, 15) is 0 Å². The van der Waals surface area contributed by atoms with E-state index in [1.807, 2.05) is 31.2 Å². The fraction of sp³-hybridized carbons (Fsp3) is 0.273. The van der Waals surface area contributed by atoms with Crippen molar-refractivity contribution in [3.05, 3.63) is 36.2 Å². The van der Waals surface area contributed by atoms with Crippen LogP contribution < -0.4 is 10.5 Å². The topological polar surface area (TPSA) is 66.0 Å². The summed E-state index contributed by atoms with van der Waals surface area (Å²) in [5, 5.41) is 4.02. The van der Waals surface area contributed by atoms with Crippen LogP contribution in [0.2, 0.25) is 0 Å². The fourth-order valence-corrected chi connectivity index (χ4v) is 1.43. The van der Waals surface area contributed by atoms with E-state index in [1.165, 1.54) is 0 Å². The van der Waals surface area contributed by atoms with Crippen molar-refractivity contribution in [3.8, 4) is 5.75 Å². The van der Waals surface area contributed by atoms with Crippen LogP contribution in [0.15, 0.2) is 30.6 Å². The Kier molecular flexibility index (Phi) is 3.05. The molecule has 5 nitrogen and oxygen atoms in total. The summed E-state index contributed by atoms with van der Waals surface area (Å²) in [5.74, 6) is 1.18. The van der Waals surface area contributed by atoms with E-state index < -0.39 is 0 Å². The second kappa shape index (κ2) is 4.65. The average molecular weight is 218 g/mol. The predicted molar refractivity (Wildman–Crippen MR) is 61.1 cm³/mol. The van der Waals surface area contributed by atoms with Crippen LogP contribution in [0, 0.1) is 0 Å². The Morgan fingerprint density at radius 1 is 1.31 bits per heavy atom. The van der Waals surface area contributed by atoms with Crippen LogP contribution in [0.25, 0.3) is 0 Å². The smallest absolute Gasteiger partial charge is 0.239 e. The molecule has 2 N–H and O–H groups in total. The first-order chi connectivity index (χ1) is 7.78. The van der Waals surface area contributed by atoms with Gasteiger partial charge in [0, 0.05) is 0 Å². The normalized spacial score (nSPS) is 10.3. The summed E-state index contributed by atoms with van der Waals surface area (Å²) < 4.78 is 7.06. The lowest BCUT2D eigenvalue weighted by Crippen LogP contribution is -2.01. The van der Waals surface area contributed by atoms with Gasteiger partial charge in [0.15, 0.2) is 0 Å². The number of hydrogen-bond donors (Lipinski definition) is 1. The largest absolute Gasteiger partial charge is 0.494 e. The Morgan fingerprint density at radius 2 is 2.06 bits per heavy atom. The molecular weight excluding hydrogens is 204 g/mol. The van der Waals surface area contributed by atoms with Gasteiger partial charge in [-0.2, -0.15) is 0 Å². The van der Waals surface area contributed by atoms with Crippen molar-refractivity contribution in [2.45, 2.75) is 13.5 Å². The Bertz CT molecular complexity index is 449. The number of aromatic nitrogens is 3. The van der Waals surface area contributed by atoms with Crippen molar-refractivity contribution >= 4 is 5.95 Å². The monoisotopic (exact) mass is 218 g/mol. The molecule has 5 heteroatoms. The third kappa shape index (κ3) is 2.50. The van der Waals surface area contributed by atoms with Crippen molar-refractivity contribution in [3.63, 3.8) is 0 Å². The summed E-state index contributed by atoms with van der Waals surface area (Å²) in [6.45, 7) is 3.31. The highest BCUT2D eigenvalue weighted by Crippen LogP contribution is 2.12. The molecule has 0 amide bonds. The van der Waals surface area contributed by atoms with Gasteiger partial charge in [-0.05, 0) is 24.6 Å². The van der Waals surface area contributed by atoms with Gasteiger partial charge in [0.25, 0.3) is 0 Å². The van der Waals surface area contributed by atoms with Crippen molar-refractivity contribution in [1.29, 1.82) is 0 Å². The first-order valence-corrected chi connectivity index (χ1v) is 5.14. The molecule has 2 rings (SSSR count). The average Bonchev–Trinajstić information content (AvgIpc) is 2.67. The molecule has 0 atom stereocenters. The molecule has 0 saturated heterocycles. The molecule has 0 radical (unpaired) electrons. The summed E-state index contributed by atoms with van der Waals surface area (Å²) in [5.41, 5.74) is 6.57. The van der Waals surface area contributed by atoms with Gasteiger partial charge in [-0.15, -0.1) is 5.10 Å². The number of hydrogen-bond acceptors (Lipinski definition) is 4. The Balaban J connectivity index is 2.05. The van der Waals surface area contributed by atoms with Crippen molar-refractivity contribution in [2.24, 2.45) is 0 Å². The summed E-state index contributed by atoms with van der Waals surface area (Å²) in [7, 11) is 0. The van der Waals surface area contributed by atoms with Crippen LogP contribution in [0.3, 0.4) is 0 Å². The molecule has 0 bridgehead atoms. The number of ether oxygens (including phenoxy) is 1. The zero-order valence-corrected chi connectivity index (χ0v) is 9.13. The first kappa shape index (κ1) is 10.5. The highest BCUT2D eigenvalue weighted by atomic mass is 16.5. The molecule has 0 fully saturated rings. The van der Waals surface area contributed by atoms with Crippen molar-refractivity contribution in [2.75, 3.05) is 12.3 Å². The van der Waals surface area contributed by atoms with E-state index >= 15 is 0 Å². The Hall–Kier alpha value is -2.04. The molecule has 1 aromatic heterocycles.